The van der Waals surface area contributed by atoms with Crippen LogP contribution in [0.5, 0.6) is 5.75 Å². The standard InChI is InChI=1S/C17H25NO/c1-18-11-10-13-6-2-4-8-15(13)16(18)12-14-7-3-5-9-17(14)19/h3,5,7,9,13,15-16,19H,2,4,6,8,10-12H2,1H3. The highest BCUT2D eigenvalue weighted by atomic mass is 16.3. The normalized spacial score (nSPS) is 31.9. The maximum absolute atomic E-state index is 10.0. The molecule has 1 N–H and O–H groups in total. The molecule has 3 rings (SSSR count). The molecule has 1 saturated carbocycles. The number of likely N-dealkylation sites (N-methyl/N-ethyl adjacent to an activating group) is 1. The Morgan fingerprint density at radius 2 is 1.95 bits per heavy atom. The number of hydrogen-bond acceptors (Lipinski definition) is 2. The quantitative estimate of drug-likeness (QED) is 0.879. The Balaban J connectivity index is 1.79. The van der Waals surface area contributed by atoms with E-state index in [0.29, 0.717) is 11.8 Å². The molecule has 3 atom stereocenters. The Labute approximate surface area is 116 Å². The van der Waals surface area contributed by atoms with Crippen LogP contribution in [0.3, 0.4) is 0 Å². The van der Waals surface area contributed by atoms with E-state index < -0.39 is 0 Å². The first-order valence-corrected chi connectivity index (χ1v) is 7.73. The summed E-state index contributed by atoms with van der Waals surface area (Å²) in [4.78, 5) is 2.53. The number of piperidine rings is 1. The summed E-state index contributed by atoms with van der Waals surface area (Å²) in [5.74, 6) is 2.24. The minimum atomic E-state index is 0.467. The SMILES string of the molecule is CN1CCC2CCCCC2C1Cc1ccccc1O. The van der Waals surface area contributed by atoms with Crippen LogP contribution >= 0.6 is 0 Å². The van der Waals surface area contributed by atoms with E-state index >= 15 is 0 Å². The predicted octanol–water partition coefficient (Wildman–Crippen LogP) is 3.45. The van der Waals surface area contributed by atoms with E-state index in [1.54, 1.807) is 0 Å². The maximum atomic E-state index is 10.0. The number of para-hydroxylation sites is 1. The van der Waals surface area contributed by atoms with Gasteiger partial charge in [-0.25, -0.2) is 0 Å². The fraction of sp³-hybridized carbons (Fsp3) is 0.647. The van der Waals surface area contributed by atoms with E-state index in [1.807, 2.05) is 18.2 Å². The van der Waals surface area contributed by atoms with Gasteiger partial charge in [-0.2, -0.15) is 0 Å². The summed E-state index contributed by atoms with van der Waals surface area (Å²) < 4.78 is 0. The number of likely N-dealkylation sites (tertiary alicyclic amines) is 1. The first-order valence-electron chi connectivity index (χ1n) is 7.73. The summed E-state index contributed by atoms with van der Waals surface area (Å²) in [7, 11) is 2.26. The van der Waals surface area contributed by atoms with Gasteiger partial charge in [-0.1, -0.05) is 37.5 Å². The molecule has 1 saturated heterocycles. The molecule has 2 fully saturated rings. The van der Waals surface area contributed by atoms with Crippen molar-refractivity contribution in [3.63, 3.8) is 0 Å². The van der Waals surface area contributed by atoms with Gasteiger partial charge in [0, 0.05) is 6.04 Å². The number of phenols is 1. The fourth-order valence-electron chi connectivity index (χ4n) is 4.18. The van der Waals surface area contributed by atoms with Crippen LogP contribution in [-0.2, 0) is 6.42 Å². The molecule has 1 heterocycles. The smallest absolute Gasteiger partial charge is 0.118 e. The summed E-state index contributed by atoms with van der Waals surface area (Å²) in [6.45, 7) is 1.22. The van der Waals surface area contributed by atoms with Crippen LogP contribution in [0.25, 0.3) is 0 Å². The monoisotopic (exact) mass is 259 g/mol. The van der Waals surface area contributed by atoms with Gasteiger partial charge in [-0.05, 0) is 56.3 Å². The number of phenolic OH excluding ortho intramolecular Hbond substituents is 1. The second kappa shape index (κ2) is 5.54. The first-order chi connectivity index (χ1) is 9.25. The summed E-state index contributed by atoms with van der Waals surface area (Å²) in [6.07, 6.45) is 8.01. The molecule has 0 spiro atoms. The lowest BCUT2D eigenvalue weighted by Crippen LogP contribution is -2.49. The Morgan fingerprint density at radius 1 is 1.16 bits per heavy atom. The van der Waals surface area contributed by atoms with Crippen molar-refractivity contribution in [3.05, 3.63) is 29.8 Å². The van der Waals surface area contributed by atoms with Crippen LogP contribution in [0.15, 0.2) is 24.3 Å². The minimum Gasteiger partial charge on any atom is -0.508 e. The fourth-order valence-corrected chi connectivity index (χ4v) is 4.18. The van der Waals surface area contributed by atoms with Gasteiger partial charge in [-0.3, -0.25) is 0 Å². The largest absolute Gasteiger partial charge is 0.508 e. The lowest BCUT2D eigenvalue weighted by Gasteiger charge is -2.46. The summed E-state index contributed by atoms with van der Waals surface area (Å²) in [6, 6.07) is 8.46. The van der Waals surface area contributed by atoms with Gasteiger partial charge in [0.15, 0.2) is 0 Å². The molecule has 2 heteroatoms. The van der Waals surface area contributed by atoms with E-state index in [-0.39, 0.29) is 0 Å². The molecule has 0 bridgehead atoms. The maximum Gasteiger partial charge on any atom is 0.118 e. The predicted molar refractivity (Wildman–Crippen MR) is 78.3 cm³/mol. The minimum absolute atomic E-state index is 0.467. The van der Waals surface area contributed by atoms with E-state index in [4.69, 9.17) is 0 Å². The van der Waals surface area contributed by atoms with Crippen molar-refractivity contribution < 1.29 is 5.11 Å². The molecule has 1 aromatic rings. The zero-order valence-electron chi connectivity index (χ0n) is 11.9. The topological polar surface area (TPSA) is 23.5 Å². The van der Waals surface area contributed by atoms with Crippen LogP contribution in [0.1, 0.15) is 37.7 Å². The van der Waals surface area contributed by atoms with E-state index in [1.165, 1.54) is 38.6 Å². The highest BCUT2D eigenvalue weighted by molar-refractivity contribution is 5.32. The third kappa shape index (κ3) is 2.64. The van der Waals surface area contributed by atoms with Crippen LogP contribution in [-0.4, -0.2) is 29.6 Å². The van der Waals surface area contributed by atoms with Crippen molar-refractivity contribution in [2.75, 3.05) is 13.6 Å². The molecule has 2 aliphatic rings. The first kappa shape index (κ1) is 13.0. The van der Waals surface area contributed by atoms with Gasteiger partial charge in [0.2, 0.25) is 0 Å². The molecule has 1 aliphatic carbocycles. The molecule has 19 heavy (non-hydrogen) atoms. The van der Waals surface area contributed by atoms with Crippen molar-refractivity contribution in [2.24, 2.45) is 11.8 Å². The molecule has 104 valence electrons. The van der Waals surface area contributed by atoms with E-state index in [2.05, 4.69) is 18.0 Å². The number of rotatable bonds is 2. The third-order valence-electron chi connectivity index (χ3n) is 5.30. The van der Waals surface area contributed by atoms with Crippen LogP contribution in [0, 0.1) is 11.8 Å². The van der Waals surface area contributed by atoms with Crippen molar-refractivity contribution in [3.8, 4) is 5.75 Å². The van der Waals surface area contributed by atoms with Gasteiger partial charge in [-0.15, -0.1) is 0 Å². The molecular weight excluding hydrogens is 234 g/mol. The molecule has 2 nitrogen and oxygen atoms in total. The summed E-state index contributed by atoms with van der Waals surface area (Å²) in [5, 5.41) is 10.0. The highest BCUT2D eigenvalue weighted by Crippen LogP contribution is 2.40. The summed E-state index contributed by atoms with van der Waals surface area (Å²) in [5.41, 5.74) is 1.12. The Bertz CT molecular complexity index is 431. The number of aromatic hydroxyl groups is 1. The second-order valence-electron chi connectivity index (χ2n) is 6.38. The number of benzene rings is 1. The third-order valence-corrected chi connectivity index (χ3v) is 5.30. The zero-order valence-corrected chi connectivity index (χ0v) is 11.9. The lowest BCUT2D eigenvalue weighted by atomic mass is 9.70. The Morgan fingerprint density at radius 3 is 2.79 bits per heavy atom. The summed E-state index contributed by atoms with van der Waals surface area (Å²) >= 11 is 0. The van der Waals surface area contributed by atoms with E-state index in [9.17, 15) is 5.11 Å². The van der Waals surface area contributed by atoms with Crippen molar-refractivity contribution >= 4 is 0 Å². The molecular formula is C17H25NO. The number of hydrogen-bond donors (Lipinski definition) is 1. The van der Waals surface area contributed by atoms with Crippen LogP contribution in [0.4, 0.5) is 0 Å². The molecule has 0 radical (unpaired) electrons. The molecule has 0 aromatic heterocycles. The highest BCUT2D eigenvalue weighted by Gasteiger charge is 2.37. The Kier molecular flexibility index (Phi) is 3.79. The van der Waals surface area contributed by atoms with Gasteiger partial charge >= 0.3 is 0 Å². The zero-order chi connectivity index (χ0) is 13.2. The van der Waals surface area contributed by atoms with Crippen molar-refractivity contribution in [1.29, 1.82) is 0 Å². The number of fused-ring (bicyclic) bond motifs is 1. The average molecular weight is 259 g/mol. The van der Waals surface area contributed by atoms with Crippen molar-refractivity contribution in [1.82, 2.24) is 4.90 Å². The molecule has 0 amide bonds. The molecule has 3 unspecified atom stereocenters. The van der Waals surface area contributed by atoms with E-state index in [0.717, 1.165) is 23.8 Å². The second-order valence-corrected chi connectivity index (χ2v) is 6.38. The van der Waals surface area contributed by atoms with Crippen LogP contribution < -0.4 is 0 Å². The van der Waals surface area contributed by atoms with Crippen LogP contribution in [0.2, 0.25) is 0 Å². The van der Waals surface area contributed by atoms with Gasteiger partial charge in [0.25, 0.3) is 0 Å². The van der Waals surface area contributed by atoms with Gasteiger partial charge < -0.3 is 10.0 Å². The molecule has 1 aliphatic heterocycles. The van der Waals surface area contributed by atoms with Gasteiger partial charge in [0.1, 0.15) is 5.75 Å². The van der Waals surface area contributed by atoms with Crippen molar-refractivity contribution in [2.45, 2.75) is 44.6 Å². The Hall–Kier alpha value is -1.02. The lowest BCUT2D eigenvalue weighted by molar-refractivity contribution is 0.0408. The van der Waals surface area contributed by atoms with Gasteiger partial charge in [0.05, 0.1) is 0 Å². The molecule has 1 aromatic carbocycles. The average Bonchev–Trinajstić information content (AvgIpc) is 2.44. The number of nitrogens with zero attached hydrogens (tertiary/aromatic N) is 1.